The van der Waals surface area contributed by atoms with Crippen molar-refractivity contribution in [3.05, 3.63) is 59.7 Å². The van der Waals surface area contributed by atoms with Gasteiger partial charge in [-0.15, -0.1) is 11.3 Å². The van der Waals surface area contributed by atoms with E-state index in [-0.39, 0.29) is 4.90 Å². The highest BCUT2D eigenvalue weighted by molar-refractivity contribution is 7.92. The van der Waals surface area contributed by atoms with Gasteiger partial charge >= 0.3 is 0 Å². The van der Waals surface area contributed by atoms with E-state index < -0.39 is 20.9 Å². The van der Waals surface area contributed by atoms with E-state index in [9.17, 15) is 12.8 Å². The zero-order valence-corrected chi connectivity index (χ0v) is 17.5. The number of thiazole rings is 1. The van der Waals surface area contributed by atoms with Gasteiger partial charge in [0.15, 0.2) is 15.0 Å². The Morgan fingerprint density at radius 2 is 1.86 bits per heavy atom. The summed E-state index contributed by atoms with van der Waals surface area (Å²) in [5, 5.41) is 2.39. The Morgan fingerprint density at radius 1 is 1.14 bits per heavy atom. The van der Waals surface area contributed by atoms with Gasteiger partial charge in [0.05, 0.1) is 22.9 Å². The van der Waals surface area contributed by atoms with Gasteiger partial charge < -0.3 is 9.64 Å². The Kier molecular flexibility index (Phi) is 5.56. The van der Waals surface area contributed by atoms with Crippen molar-refractivity contribution in [3.63, 3.8) is 0 Å². The summed E-state index contributed by atoms with van der Waals surface area (Å²) >= 11 is 1.55. The van der Waals surface area contributed by atoms with E-state index in [0.29, 0.717) is 25.9 Å². The minimum atomic E-state index is -3.53. The molecule has 5 nitrogen and oxygen atoms in total. The van der Waals surface area contributed by atoms with E-state index >= 15 is 0 Å². The Morgan fingerprint density at radius 3 is 2.52 bits per heavy atom. The van der Waals surface area contributed by atoms with Crippen LogP contribution >= 0.6 is 11.3 Å². The molecule has 3 aromatic rings. The number of hydrogen-bond acceptors (Lipinski definition) is 6. The number of halogens is 1. The molecule has 0 saturated carbocycles. The first-order chi connectivity index (χ1) is 14.0. The molecule has 1 saturated heterocycles. The normalized spacial score (nSPS) is 15.4. The van der Waals surface area contributed by atoms with Crippen LogP contribution in [0.3, 0.4) is 0 Å². The van der Waals surface area contributed by atoms with Gasteiger partial charge in [0.25, 0.3) is 0 Å². The average Bonchev–Trinajstić information content (AvgIpc) is 3.24. The number of nitrogens with zero attached hydrogens (tertiary/aromatic N) is 2. The van der Waals surface area contributed by atoms with Crippen molar-refractivity contribution >= 4 is 26.3 Å². The maximum atomic E-state index is 13.4. The first-order valence-electron chi connectivity index (χ1n) is 9.32. The molecule has 2 aromatic carbocycles. The SMILES string of the molecule is COc1ccc(-c2csc(N3CCC(S(=O)(=O)c4cccc(F)c4)CC3)n2)cc1. The summed E-state index contributed by atoms with van der Waals surface area (Å²) in [6.45, 7) is 1.21. The summed E-state index contributed by atoms with van der Waals surface area (Å²) in [7, 11) is -1.90. The third-order valence-corrected chi connectivity index (χ3v) is 8.32. The number of hydrogen-bond donors (Lipinski definition) is 0. The van der Waals surface area contributed by atoms with Gasteiger partial charge in [0.1, 0.15) is 11.6 Å². The lowest BCUT2D eigenvalue weighted by Crippen LogP contribution is -2.39. The van der Waals surface area contributed by atoms with E-state index in [2.05, 4.69) is 4.90 Å². The van der Waals surface area contributed by atoms with Crippen LogP contribution < -0.4 is 9.64 Å². The van der Waals surface area contributed by atoms with Crippen LogP contribution in [0.25, 0.3) is 11.3 Å². The molecule has 1 fully saturated rings. The number of benzene rings is 2. The van der Waals surface area contributed by atoms with Gasteiger partial charge in [-0.25, -0.2) is 17.8 Å². The summed E-state index contributed by atoms with van der Waals surface area (Å²) in [5.74, 6) is 0.267. The molecule has 0 spiro atoms. The predicted octanol–water partition coefficient (Wildman–Crippen LogP) is 4.40. The standard InChI is InChI=1S/C21H21FN2O3S2/c1-27-17-7-5-15(6-8-17)20-14-28-21(23-20)24-11-9-18(10-12-24)29(25,26)19-4-2-3-16(22)13-19/h2-8,13-14,18H,9-12H2,1H3. The van der Waals surface area contributed by atoms with Crippen LogP contribution in [-0.2, 0) is 9.84 Å². The number of rotatable bonds is 5. The molecule has 0 bridgehead atoms. The minimum Gasteiger partial charge on any atom is -0.497 e. The fourth-order valence-corrected chi connectivity index (χ4v) is 6.15. The number of ether oxygens (including phenoxy) is 1. The van der Waals surface area contributed by atoms with Gasteiger partial charge in [-0.05, 0) is 55.3 Å². The van der Waals surface area contributed by atoms with Crippen molar-refractivity contribution in [1.82, 2.24) is 4.98 Å². The van der Waals surface area contributed by atoms with Crippen LogP contribution in [0.2, 0.25) is 0 Å². The van der Waals surface area contributed by atoms with Gasteiger partial charge in [-0.1, -0.05) is 6.07 Å². The first-order valence-corrected chi connectivity index (χ1v) is 11.7. The molecular formula is C21H21FN2O3S2. The number of aromatic nitrogens is 1. The topological polar surface area (TPSA) is 59.5 Å². The Labute approximate surface area is 173 Å². The average molecular weight is 433 g/mol. The quantitative estimate of drug-likeness (QED) is 0.598. The highest BCUT2D eigenvalue weighted by Gasteiger charge is 2.32. The van der Waals surface area contributed by atoms with Crippen molar-refractivity contribution in [1.29, 1.82) is 0 Å². The number of methoxy groups -OCH3 is 1. The maximum Gasteiger partial charge on any atom is 0.185 e. The van der Waals surface area contributed by atoms with Gasteiger partial charge in [0, 0.05) is 24.0 Å². The second-order valence-electron chi connectivity index (χ2n) is 6.93. The van der Waals surface area contributed by atoms with E-state index in [4.69, 9.17) is 9.72 Å². The minimum absolute atomic E-state index is 0.0620. The molecule has 29 heavy (non-hydrogen) atoms. The van der Waals surface area contributed by atoms with Crippen LogP contribution in [0.4, 0.5) is 9.52 Å². The molecule has 4 rings (SSSR count). The highest BCUT2D eigenvalue weighted by Crippen LogP contribution is 2.32. The summed E-state index contributed by atoms with van der Waals surface area (Å²) in [6.07, 6.45) is 0.993. The number of sulfone groups is 1. The molecule has 0 N–H and O–H groups in total. The van der Waals surface area contributed by atoms with Gasteiger partial charge in [-0.2, -0.15) is 0 Å². The fourth-order valence-electron chi connectivity index (χ4n) is 3.50. The van der Waals surface area contributed by atoms with E-state index in [1.807, 2.05) is 29.6 Å². The molecule has 0 amide bonds. The van der Waals surface area contributed by atoms with E-state index in [1.165, 1.54) is 18.2 Å². The Balaban J connectivity index is 1.44. The monoisotopic (exact) mass is 432 g/mol. The van der Waals surface area contributed by atoms with Crippen LogP contribution in [0.5, 0.6) is 5.75 Å². The number of piperidine rings is 1. The molecular weight excluding hydrogens is 411 g/mol. The summed E-state index contributed by atoms with van der Waals surface area (Å²) in [6, 6.07) is 13.0. The highest BCUT2D eigenvalue weighted by atomic mass is 32.2. The molecule has 1 aliphatic heterocycles. The van der Waals surface area contributed by atoms with Crippen LogP contribution in [0.15, 0.2) is 58.8 Å². The van der Waals surface area contributed by atoms with E-state index in [0.717, 1.165) is 28.2 Å². The number of anilines is 1. The van der Waals surface area contributed by atoms with Crippen LogP contribution in [-0.4, -0.2) is 38.9 Å². The summed E-state index contributed by atoms with van der Waals surface area (Å²) < 4.78 is 44.3. The van der Waals surface area contributed by atoms with Crippen molar-refractivity contribution in [2.24, 2.45) is 0 Å². The van der Waals surface area contributed by atoms with E-state index in [1.54, 1.807) is 18.4 Å². The lowest BCUT2D eigenvalue weighted by molar-refractivity contribution is 0.415. The zero-order valence-electron chi connectivity index (χ0n) is 15.9. The molecule has 1 aromatic heterocycles. The molecule has 1 aliphatic rings. The molecule has 152 valence electrons. The molecule has 2 heterocycles. The zero-order chi connectivity index (χ0) is 20.4. The van der Waals surface area contributed by atoms with Crippen LogP contribution in [0.1, 0.15) is 12.8 Å². The first kappa shape index (κ1) is 19.8. The summed E-state index contributed by atoms with van der Waals surface area (Å²) in [4.78, 5) is 6.90. The third kappa shape index (κ3) is 4.13. The lowest BCUT2D eigenvalue weighted by Gasteiger charge is -2.31. The lowest BCUT2D eigenvalue weighted by atomic mass is 10.1. The van der Waals surface area contributed by atoms with Crippen molar-refractivity contribution in [2.75, 3.05) is 25.1 Å². The molecule has 8 heteroatoms. The molecule has 0 aliphatic carbocycles. The largest absolute Gasteiger partial charge is 0.497 e. The Bertz CT molecular complexity index is 1090. The second-order valence-corrected chi connectivity index (χ2v) is 10.00. The molecule has 0 atom stereocenters. The molecule has 0 radical (unpaired) electrons. The molecule has 0 unspecified atom stereocenters. The summed E-state index contributed by atoms with van der Waals surface area (Å²) in [5.41, 5.74) is 1.90. The third-order valence-electron chi connectivity index (χ3n) is 5.15. The Hall–Kier alpha value is -2.45. The second kappa shape index (κ2) is 8.12. The van der Waals surface area contributed by atoms with Gasteiger partial charge in [-0.3, -0.25) is 0 Å². The van der Waals surface area contributed by atoms with Crippen molar-refractivity contribution in [2.45, 2.75) is 23.0 Å². The predicted molar refractivity (Wildman–Crippen MR) is 113 cm³/mol. The van der Waals surface area contributed by atoms with Crippen molar-refractivity contribution in [3.8, 4) is 17.0 Å². The smallest absolute Gasteiger partial charge is 0.185 e. The maximum absolute atomic E-state index is 13.4. The van der Waals surface area contributed by atoms with Crippen LogP contribution in [0, 0.1) is 5.82 Å². The van der Waals surface area contributed by atoms with Crippen molar-refractivity contribution < 1.29 is 17.5 Å². The van der Waals surface area contributed by atoms with Gasteiger partial charge in [0.2, 0.25) is 0 Å². The fraction of sp³-hybridized carbons (Fsp3) is 0.286.